The molecule has 1 heterocycles. The zero-order chi connectivity index (χ0) is 42.3. The van der Waals surface area contributed by atoms with Crippen LogP contribution in [0.4, 0.5) is 0 Å². The van der Waals surface area contributed by atoms with Crippen LogP contribution in [0.15, 0.2) is 36.5 Å². The van der Waals surface area contributed by atoms with Crippen LogP contribution < -0.4 is 5.32 Å². The first-order valence-electron chi connectivity index (χ1n) is 24.2. The van der Waals surface area contributed by atoms with E-state index in [0.29, 0.717) is 6.42 Å². The maximum Gasteiger partial charge on any atom is 0.220 e. The van der Waals surface area contributed by atoms with Crippen LogP contribution in [0.2, 0.25) is 0 Å². The molecule has 0 aliphatic carbocycles. The molecule has 7 unspecified atom stereocenters. The predicted molar refractivity (Wildman–Crippen MR) is 240 cm³/mol. The van der Waals surface area contributed by atoms with E-state index in [2.05, 4.69) is 43.5 Å². The molecule has 7 atom stereocenters. The van der Waals surface area contributed by atoms with Gasteiger partial charge in [0.1, 0.15) is 24.4 Å². The molecule has 340 valence electrons. The molecule has 0 radical (unpaired) electrons. The largest absolute Gasteiger partial charge is 0.394 e. The molecule has 0 aromatic carbocycles. The summed E-state index contributed by atoms with van der Waals surface area (Å²) in [5.41, 5.74) is 0. The van der Waals surface area contributed by atoms with Crippen molar-refractivity contribution in [2.45, 2.75) is 256 Å². The molecule has 1 aliphatic heterocycles. The molecular weight excluding hydrogens is 731 g/mol. The maximum absolute atomic E-state index is 12.9. The molecular formula is C49H91NO8. The summed E-state index contributed by atoms with van der Waals surface area (Å²) in [6, 6.07) is -0.824. The average Bonchev–Trinajstić information content (AvgIpc) is 3.22. The summed E-state index contributed by atoms with van der Waals surface area (Å²) in [5, 5.41) is 54.2. The Balaban J connectivity index is 2.35. The minimum Gasteiger partial charge on any atom is -0.394 e. The van der Waals surface area contributed by atoms with E-state index in [-0.39, 0.29) is 12.5 Å². The van der Waals surface area contributed by atoms with E-state index in [9.17, 15) is 30.3 Å². The lowest BCUT2D eigenvalue weighted by Crippen LogP contribution is -2.60. The van der Waals surface area contributed by atoms with Gasteiger partial charge in [-0.05, 0) is 44.9 Å². The zero-order valence-corrected chi connectivity index (χ0v) is 37.3. The second kappa shape index (κ2) is 39.5. The molecule has 0 aromatic heterocycles. The van der Waals surface area contributed by atoms with Crippen LogP contribution in [0.25, 0.3) is 0 Å². The summed E-state index contributed by atoms with van der Waals surface area (Å²) >= 11 is 0. The molecule has 0 saturated carbocycles. The van der Waals surface area contributed by atoms with Gasteiger partial charge >= 0.3 is 0 Å². The van der Waals surface area contributed by atoms with E-state index < -0.39 is 49.5 Å². The van der Waals surface area contributed by atoms with Crippen molar-refractivity contribution in [3.8, 4) is 0 Å². The normalized spacial score (nSPS) is 21.1. The molecule has 0 spiro atoms. The Bertz CT molecular complexity index is 1000. The smallest absolute Gasteiger partial charge is 0.220 e. The number of aliphatic hydroxyl groups excluding tert-OH is 5. The Morgan fingerprint density at radius 1 is 0.569 bits per heavy atom. The Labute approximate surface area is 355 Å². The summed E-state index contributed by atoms with van der Waals surface area (Å²) in [7, 11) is 0. The van der Waals surface area contributed by atoms with Crippen LogP contribution in [-0.2, 0) is 14.3 Å². The molecule has 9 heteroatoms. The Morgan fingerprint density at radius 2 is 0.983 bits per heavy atom. The van der Waals surface area contributed by atoms with Crippen molar-refractivity contribution in [2.24, 2.45) is 0 Å². The number of unbranched alkanes of at least 4 members (excludes halogenated alkanes) is 26. The van der Waals surface area contributed by atoms with Crippen molar-refractivity contribution in [3.05, 3.63) is 36.5 Å². The summed E-state index contributed by atoms with van der Waals surface area (Å²) in [6.07, 6.45) is 41.9. The highest BCUT2D eigenvalue weighted by Gasteiger charge is 2.44. The fourth-order valence-corrected chi connectivity index (χ4v) is 7.54. The van der Waals surface area contributed by atoms with E-state index in [1.54, 1.807) is 6.08 Å². The minimum atomic E-state index is -1.57. The maximum atomic E-state index is 12.9. The van der Waals surface area contributed by atoms with E-state index in [1.807, 2.05) is 6.08 Å². The highest BCUT2D eigenvalue weighted by Crippen LogP contribution is 2.22. The van der Waals surface area contributed by atoms with Crippen molar-refractivity contribution in [2.75, 3.05) is 13.2 Å². The van der Waals surface area contributed by atoms with Crippen molar-refractivity contribution in [3.63, 3.8) is 0 Å². The molecule has 0 bridgehead atoms. The minimum absolute atomic E-state index is 0.191. The second-order valence-corrected chi connectivity index (χ2v) is 16.9. The molecule has 1 aliphatic rings. The van der Waals surface area contributed by atoms with E-state index >= 15 is 0 Å². The third-order valence-electron chi connectivity index (χ3n) is 11.4. The second-order valence-electron chi connectivity index (χ2n) is 16.9. The lowest BCUT2D eigenvalue weighted by molar-refractivity contribution is -0.302. The van der Waals surface area contributed by atoms with Crippen LogP contribution in [0.1, 0.15) is 213 Å². The van der Waals surface area contributed by atoms with Gasteiger partial charge in [0.25, 0.3) is 0 Å². The topological polar surface area (TPSA) is 149 Å². The SMILES string of the molecule is CCCCCCCCCCCCCC/C=C/CC/C=C/CC/C=C/C(O)C(COC1OC(CO)C(O)C(O)C1O)NC(=O)CCCCCCCCCCCCCCC. The van der Waals surface area contributed by atoms with Crippen LogP contribution >= 0.6 is 0 Å². The van der Waals surface area contributed by atoms with E-state index in [4.69, 9.17) is 9.47 Å². The van der Waals surface area contributed by atoms with Gasteiger partial charge in [0.15, 0.2) is 6.29 Å². The van der Waals surface area contributed by atoms with Crippen molar-refractivity contribution in [1.29, 1.82) is 0 Å². The number of hydrogen-bond donors (Lipinski definition) is 6. The number of amides is 1. The van der Waals surface area contributed by atoms with Gasteiger partial charge in [-0.15, -0.1) is 0 Å². The first kappa shape index (κ1) is 54.4. The quantitative estimate of drug-likeness (QED) is 0.0264. The average molecular weight is 822 g/mol. The van der Waals surface area contributed by atoms with Crippen LogP contribution in [0.5, 0.6) is 0 Å². The lowest BCUT2D eigenvalue weighted by Gasteiger charge is -2.40. The first-order chi connectivity index (χ1) is 28.3. The van der Waals surface area contributed by atoms with Crippen LogP contribution in [0, 0.1) is 0 Å². The highest BCUT2D eigenvalue weighted by atomic mass is 16.7. The highest BCUT2D eigenvalue weighted by molar-refractivity contribution is 5.76. The van der Waals surface area contributed by atoms with Crippen molar-refractivity contribution >= 4 is 5.91 Å². The van der Waals surface area contributed by atoms with Gasteiger partial charge in [0.2, 0.25) is 5.91 Å². The third-order valence-corrected chi connectivity index (χ3v) is 11.4. The number of allylic oxidation sites excluding steroid dienone is 5. The van der Waals surface area contributed by atoms with Gasteiger partial charge in [-0.25, -0.2) is 0 Å². The van der Waals surface area contributed by atoms with E-state index in [1.165, 1.54) is 148 Å². The number of carbonyl (C=O) groups excluding carboxylic acids is 1. The zero-order valence-electron chi connectivity index (χ0n) is 37.3. The molecule has 1 saturated heterocycles. The van der Waals surface area contributed by atoms with Crippen molar-refractivity contribution < 1.29 is 39.8 Å². The lowest BCUT2D eigenvalue weighted by atomic mass is 9.99. The summed E-state index contributed by atoms with van der Waals surface area (Å²) in [5.74, 6) is -0.191. The molecule has 1 rings (SSSR count). The van der Waals surface area contributed by atoms with Gasteiger partial charge in [0, 0.05) is 6.42 Å². The summed E-state index contributed by atoms with van der Waals surface area (Å²) < 4.78 is 11.2. The van der Waals surface area contributed by atoms with Crippen molar-refractivity contribution in [1.82, 2.24) is 5.32 Å². The number of carbonyl (C=O) groups is 1. The number of ether oxygens (including phenoxy) is 2. The summed E-state index contributed by atoms with van der Waals surface area (Å²) in [4.78, 5) is 12.9. The number of rotatable bonds is 40. The fraction of sp³-hybridized carbons (Fsp3) is 0.857. The fourth-order valence-electron chi connectivity index (χ4n) is 7.54. The predicted octanol–water partition coefficient (Wildman–Crippen LogP) is 10.5. The van der Waals surface area contributed by atoms with E-state index in [0.717, 1.165) is 44.9 Å². The number of hydrogen-bond acceptors (Lipinski definition) is 8. The molecule has 9 nitrogen and oxygen atoms in total. The first-order valence-corrected chi connectivity index (χ1v) is 24.2. The Kier molecular flexibility index (Phi) is 37.1. The van der Waals surface area contributed by atoms with Gasteiger partial charge in [-0.3, -0.25) is 4.79 Å². The molecule has 1 amide bonds. The Morgan fingerprint density at radius 3 is 1.45 bits per heavy atom. The third kappa shape index (κ3) is 29.6. The van der Waals surface area contributed by atoms with Crippen LogP contribution in [-0.4, -0.2) is 87.5 Å². The number of aliphatic hydroxyl groups is 5. The molecule has 0 aromatic rings. The van der Waals surface area contributed by atoms with Gasteiger partial charge in [0.05, 0.1) is 25.4 Å². The molecule has 6 N–H and O–H groups in total. The molecule has 58 heavy (non-hydrogen) atoms. The summed E-state index contributed by atoms with van der Waals surface area (Å²) in [6.45, 7) is 3.75. The van der Waals surface area contributed by atoms with Gasteiger partial charge < -0.3 is 40.3 Å². The van der Waals surface area contributed by atoms with Gasteiger partial charge in [-0.2, -0.15) is 0 Å². The monoisotopic (exact) mass is 822 g/mol. The number of nitrogens with one attached hydrogen (secondary N) is 1. The Hall–Kier alpha value is -1.59. The standard InChI is InChI=1S/C49H91NO8/c1-3-5-7-9-11-13-15-17-18-19-20-21-22-23-24-25-27-28-30-32-34-36-38-43(52)42(41-57-49-48(56)47(55)46(54)44(40-51)58-49)50-45(53)39-37-35-33-31-29-26-16-14-12-10-8-6-4-2/h23-24,28,30,36,38,42-44,46-49,51-52,54-56H,3-22,25-27,29,31-35,37,39-41H2,1-2H3,(H,50,53)/b24-23+,30-28+,38-36+. The molecule has 1 fully saturated rings. The van der Waals surface area contributed by atoms with Crippen LogP contribution in [0.3, 0.4) is 0 Å². The van der Waals surface area contributed by atoms with Gasteiger partial charge in [-0.1, -0.05) is 198 Å².